The molecule has 0 amide bonds. The zero-order valence-electron chi connectivity index (χ0n) is 16.3. The first kappa shape index (κ1) is 19.9. The molecule has 0 aromatic heterocycles. The van der Waals surface area contributed by atoms with Gasteiger partial charge in [-0.05, 0) is 30.3 Å². The van der Waals surface area contributed by atoms with E-state index in [4.69, 9.17) is 14.2 Å². The number of esters is 2. The Morgan fingerprint density at radius 2 is 1.73 bits per heavy atom. The van der Waals surface area contributed by atoms with Gasteiger partial charge in [-0.3, -0.25) is 9.59 Å². The fourth-order valence-corrected chi connectivity index (χ4v) is 4.01. The predicted molar refractivity (Wildman–Crippen MR) is 108 cm³/mol. The number of ketones is 1. The summed E-state index contributed by atoms with van der Waals surface area (Å²) < 4.78 is 16.6. The van der Waals surface area contributed by atoms with Crippen LogP contribution in [0.15, 0.2) is 72.8 Å². The Labute approximate surface area is 174 Å². The molecular weight excluding hydrogens is 384 g/mol. The van der Waals surface area contributed by atoms with Crippen LogP contribution in [0.2, 0.25) is 0 Å². The van der Waals surface area contributed by atoms with Crippen LogP contribution in [0.4, 0.5) is 0 Å². The summed E-state index contributed by atoms with van der Waals surface area (Å²) in [6.07, 6.45) is 3.11. The van der Waals surface area contributed by atoms with Gasteiger partial charge in [-0.1, -0.05) is 42.5 Å². The summed E-state index contributed by atoms with van der Waals surface area (Å²) in [6, 6.07) is 17.8. The molecule has 0 N–H and O–H groups in total. The highest BCUT2D eigenvalue weighted by Crippen LogP contribution is 2.43. The van der Waals surface area contributed by atoms with Crippen molar-refractivity contribution in [1.82, 2.24) is 0 Å². The van der Waals surface area contributed by atoms with E-state index < -0.39 is 12.1 Å². The lowest BCUT2D eigenvalue weighted by molar-refractivity contribution is -0.141. The minimum Gasteiger partial charge on any atom is -0.485 e. The maximum Gasteiger partial charge on any atom is 0.338 e. The quantitative estimate of drug-likeness (QED) is 0.518. The van der Waals surface area contributed by atoms with E-state index in [0.29, 0.717) is 17.7 Å². The van der Waals surface area contributed by atoms with Crippen molar-refractivity contribution in [2.45, 2.75) is 25.0 Å². The standard InChI is InChI=1S/C24H22O6/c25-17(15-28-18-9-5-2-6-10-18)11-12-19-20-13-23(26)29-22(20)14-21(19)30-24(27)16-7-3-1-4-8-16/h1-12,19-22H,13-15H2/t19-,20-,21-,22+/m1/s1. The largest absolute Gasteiger partial charge is 0.485 e. The summed E-state index contributed by atoms with van der Waals surface area (Å²) >= 11 is 0. The van der Waals surface area contributed by atoms with Crippen molar-refractivity contribution in [3.8, 4) is 5.75 Å². The predicted octanol–water partition coefficient (Wildman–Crippen LogP) is 3.37. The van der Waals surface area contributed by atoms with Gasteiger partial charge in [0.05, 0.1) is 12.0 Å². The topological polar surface area (TPSA) is 78.9 Å². The maximum absolute atomic E-state index is 12.5. The molecule has 2 fully saturated rings. The van der Waals surface area contributed by atoms with Crippen LogP contribution in [0.25, 0.3) is 0 Å². The normalized spacial score (nSPS) is 25.0. The highest BCUT2D eigenvalue weighted by atomic mass is 16.6. The van der Waals surface area contributed by atoms with Crippen LogP contribution in [0, 0.1) is 11.8 Å². The van der Waals surface area contributed by atoms with Gasteiger partial charge in [0.15, 0.2) is 12.4 Å². The lowest BCUT2D eigenvalue weighted by Crippen LogP contribution is -2.25. The van der Waals surface area contributed by atoms with Crippen molar-refractivity contribution in [2.24, 2.45) is 11.8 Å². The Morgan fingerprint density at radius 3 is 2.47 bits per heavy atom. The molecule has 1 aliphatic carbocycles. The van der Waals surface area contributed by atoms with Crippen molar-refractivity contribution in [3.05, 3.63) is 78.4 Å². The fourth-order valence-electron chi connectivity index (χ4n) is 4.01. The SMILES string of the molecule is O=C(C=C[C@@H]1[C@H]2CC(=O)O[C@H]2C[C@H]1OC(=O)c1ccccc1)COc1ccccc1. The molecule has 1 aliphatic heterocycles. The minimum atomic E-state index is -0.458. The summed E-state index contributed by atoms with van der Waals surface area (Å²) in [6.45, 7) is -0.0920. The molecule has 2 aromatic rings. The van der Waals surface area contributed by atoms with E-state index in [9.17, 15) is 14.4 Å². The molecule has 0 spiro atoms. The van der Waals surface area contributed by atoms with E-state index in [1.165, 1.54) is 6.08 Å². The van der Waals surface area contributed by atoms with E-state index in [1.54, 1.807) is 42.5 Å². The van der Waals surface area contributed by atoms with Crippen LogP contribution < -0.4 is 4.74 Å². The number of hydrogen-bond acceptors (Lipinski definition) is 6. The van der Waals surface area contributed by atoms with E-state index in [-0.39, 0.29) is 42.7 Å². The smallest absolute Gasteiger partial charge is 0.338 e. The number of hydrogen-bond donors (Lipinski definition) is 0. The molecule has 6 heteroatoms. The Bertz CT molecular complexity index is 937. The summed E-state index contributed by atoms with van der Waals surface area (Å²) in [5.41, 5.74) is 0.460. The number of fused-ring (bicyclic) bond motifs is 1. The van der Waals surface area contributed by atoms with Gasteiger partial charge in [-0.25, -0.2) is 4.79 Å². The minimum absolute atomic E-state index is 0.0920. The van der Waals surface area contributed by atoms with E-state index in [2.05, 4.69) is 0 Å². The van der Waals surface area contributed by atoms with Crippen LogP contribution in [-0.2, 0) is 19.1 Å². The van der Waals surface area contributed by atoms with Crippen molar-refractivity contribution in [2.75, 3.05) is 6.61 Å². The van der Waals surface area contributed by atoms with Crippen LogP contribution >= 0.6 is 0 Å². The second-order valence-corrected chi connectivity index (χ2v) is 7.45. The maximum atomic E-state index is 12.5. The van der Waals surface area contributed by atoms with Crippen LogP contribution in [0.5, 0.6) is 5.75 Å². The van der Waals surface area contributed by atoms with Crippen molar-refractivity contribution >= 4 is 17.7 Å². The second-order valence-electron chi connectivity index (χ2n) is 7.45. The summed E-state index contributed by atoms with van der Waals surface area (Å²) in [7, 11) is 0. The molecule has 4 rings (SSSR count). The Balaban J connectivity index is 1.42. The second kappa shape index (κ2) is 8.95. The molecule has 2 aliphatic rings. The van der Waals surface area contributed by atoms with Gasteiger partial charge in [-0.2, -0.15) is 0 Å². The zero-order valence-corrected chi connectivity index (χ0v) is 16.3. The van der Waals surface area contributed by atoms with Crippen molar-refractivity contribution in [3.63, 3.8) is 0 Å². The average Bonchev–Trinajstić information content (AvgIpc) is 3.27. The molecule has 1 saturated carbocycles. The van der Waals surface area contributed by atoms with Gasteiger partial charge in [0.2, 0.25) is 0 Å². The number of benzene rings is 2. The molecule has 2 aromatic carbocycles. The molecule has 0 bridgehead atoms. The first-order valence-corrected chi connectivity index (χ1v) is 9.94. The Morgan fingerprint density at radius 1 is 1.03 bits per heavy atom. The molecule has 4 atom stereocenters. The summed E-state index contributed by atoms with van der Waals surface area (Å²) in [4.78, 5) is 36.5. The lowest BCUT2D eigenvalue weighted by atomic mass is 9.91. The number of rotatable bonds is 7. The van der Waals surface area contributed by atoms with Crippen molar-refractivity contribution < 1.29 is 28.6 Å². The fraction of sp³-hybridized carbons (Fsp3) is 0.292. The van der Waals surface area contributed by atoms with Gasteiger partial charge in [-0.15, -0.1) is 0 Å². The zero-order chi connectivity index (χ0) is 20.9. The van der Waals surface area contributed by atoms with Gasteiger partial charge in [0, 0.05) is 18.3 Å². The third-order valence-electron chi connectivity index (χ3n) is 5.45. The molecule has 1 heterocycles. The molecule has 154 valence electrons. The first-order valence-electron chi connectivity index (χ1n) is 9.94. The lowest BCUT2D eigenvalue weighted by Gasteiger charge is -2.20. The first-order chi connectivity index (χ1) is 14.6. The highest BCUT2D eigenvalue weighted by Gasteiger charge is 2.50. The molecule has 1 saturated heterocycles. The van der Waals surface area contributed by atoms with E-state index >= 15 is 0 Å². The average molecular weight is 406 g/mol. The molecule has 0 radical (unpaired) electrons. The Hall–Kier alpha value is -3.41. The number of ether oxygens (including phenoxy) is 3. The highest BCUT2D eigenvalue weighted by molar-refractivity contribution is 5.91. The van der Waals surface area contributed by atoms with Crippen LogP contribution in [0.1, 0.15) is 23.2 Å². The molecular formula is C24H22O6. The van der Waals surface area contributed by atoms with Gasteiger partial charge >= 0.3 is 11.9 Å². The van der Waals surface area contributed by atoms with Gasteiger partial charge < -0.3 is 14.2 Å². The summed E-state index contributed by atoms with van der Waals surface area (Å²) in [5.74, 6) is -0.649. The number of carbonyl (C=O) groups excluding carboxylic acids is 3. The monoisotopic (exact) mass is 406 g/mol. The Kier molecular flexibility index (Phi) is 5.93. The van der Waals surface area contributed by atoms with Gasteiger partial charge in [0.1, 0.15) is 18.0 Å². The molecule has 30 heavy (non-hydrogen) atoms. The van der Waals surface area contributed by atoms with E-state index in [1.807, 2.05) is 24.3 Å². The summed E-state index contributed by atoms with van der Waals surface area (Å²) in [5, 5.41) is 0. The van der Waals surface area contributed by atoms with E-state index in [0.717, 1.165) is 0 Å². The van der Waals surface area contributed by atoms with Crippen molar-refractivity contribution in [1.29, 1.82) is 0 Å². The molecule has 0 unspecified atom stereocenters. The van der Waals surface area contributed by atoms with Crippen LogP contribution in [-0.4, -0.2) is 36.5 Å². The molecule has 6 nitrogen and oxygen atoms in total. The van der Waals surface area contributed by atoms with Crippen LogP contribution in [0.3, 0.4) is 0 Å². The third-order valence-corrected chi connectivity index (χ3v) is 5.45. The number of carbonyl (C=O) groups is 3. The third kappa shape index (κ3) is 4.59. The number of para-hydroxylation sites is 1. The van der Waals surface area contributed by atoms with Gasteiger partial charge in [0.25, 0.3) is 0 Å².